The first-order valence-corrected chi connectivity index (χ1v) is 8.91. The first-order chi connectivity index (χ1) is 10.2. The summed E-state index contributed by atoms with van der Waals surface area (Å²) in [4.78, 5) is 12.3. The fourth-order valence-corrected chi connectivity index (χ4v) is 4.04. The Morgan fingerprint density at radius 1 is 1.14 bits per heavy atom. The molecular weight excluding hydrogens is 262 g/mol. The molecule has 0 spiro atoms. The summed E-state index contributed by atoms with van der Waals surface area (Å²) >= 11 is 0. The third kappa shape index (κ3) is 5.26. The van der Waals surface area contributed by atoms with Crippen LogP contribution in [0.2, 0.25) is 0 Å². The van der Waals surface area contributed by atoms with Gasteiger partial charge in [0.1, 0.15) is 0 Å². The topological polar surface area (TPSA) is 67.2 Å². The maximum atomic E-state index is 12.3. The van der Waals surface area contributed by atoms with Crippen molar-refractivity contribution >= 4 is 5.91 Å². The van der Waals surface area contributed by atoms with E-state index >= 15 is 0 Å². The Bertz CT molecular complexity index is 309. The van der Waals surface area contributed by atoms with Crippen LogP contribution in [-0.2, 0) is 4.79 Å². The van der Waals surface area contributed by atoms with Crippen LogP contribution in [-0.4, -0.2) is 31.6 Å². The van der Waals surface area contributed by atoms with Crippen molar-refractivity contribution < 1.29 is 4.79 Å². The molecule has 0 aromatic carbocycles. The Morgan fingerprint density at radius 3 is 2.43 bits per heavy atom. The molecule has 1 heterocycles. The number of piperidine rings is 1. The number of nitrogens with one attached hydrogen (secondary N) is 2. The van der Waals surface area contributed by atoms with Crippen molar-refractivity contribution in [3.8, 4) is 0 Å². The highest BCUT2D eigenvalue weighted by Gasteiger charge is 2.26. The van der Waals surface area contributed by atoms with Crippen molar-refractivity contribution in [1.82, 2.24) is 10.6 Å². The second-order valence-electron chi connectivity index (χ2n) is 7.08. The molecule has 2 rings (SSSR count). The molecule has 1 aliphatic carbocycles. The Labute approximate surface area is 129 Å². The predicted molar refractivity (Wildman–Crippen MR) is 86.9 cm³/mol. The van der Waals surface area contributed by atoms with E-state index in [0.717, 1.165) is 13.1 Å². The molecule has 2 unspecified atom stereocenters. The summed E-state index contributed by atoms with van der Waals surface area (Å²) in [6, 6.07) is 0.193. The maximum absolute atomic E-state index is 12.3. The number of hydrogen-bond acceptors (Lipinski definition) is 3. The smallest absolute Gasteiger partial charge is 0.220 e. The summed E-state index contributed by atoms with van der Waals surface area (Å²) < 4.78 is 0. The lowest BCUT2D eigenvalue weighted by atomic mass is 9.82. The van der Waals surface area contributed by atoms with Gasteiger partial charge in [0, 0.05) is 19.0 Å². The summed E-state index contributed by atoms with van der Waals surface area (Å²) in [6.45, 7) is 5.01. The quantitative estimate of drug-likeness (QED) is 0.702. The van der Waals surface area contributed by atoms with Crippen molar-refractivity contribution in [2.75, 3.05) is 19.6 Å². The second-order valence-corrected chi connectivity index (χ2v) is 7.08. The molecular formula is C17H33N3O. The monoisotopic (exact) mass is 295 g/mol. The van der Waals surface area contributed by atoms with Gasteiger partial charge in [-0.2, -0.15) is 0 Å². The summed E-state index contributed by atoms with van der Waals surface area (Å²) in [5.74, 6) is 1.99. The molecule has 2 aliphatic rings. The molecule has 1 saturated heterocycles. The first-order valence-electron chi connectivity index (χ1n) is 8.91. The van der Waals surface area contributed by atoms with Gasteiger partial charge in [-0.3, -0.25) is 4.79 Å². The zero-order valence-corrected chi connectivity index (χ0v) is 13.6. The van der Waals surface area contributed by atoms with Crippen LogP contribution in [0.5, 0.6) is 0 Å². The highest BCUT2D eigenvalue weighted by molar-refractivity contribution is 5.76. The Hall–Kier alpha value is -0.610. The Kier molecular flexibility index (Phi) is 6.97. The fraction of sp³-hybridized carbons (Fsp3) is 0.941. The van der Waals surface area contributed by atoms with Gasteiger partial charge in [0.15, 0.2) is 0 Å². The van der Waals surface area contributed by atoms with E-state index in [-0.39, 0.29) is 11.9 Å². The van der Waals surface area contributed by atoms with Gasteiger partial charge < -0.3 is 16.4 Å². The first kappa shape index (κ1) is 16.8. The minimum atomic E-state index is 0.193. The summed E-state index contributed by atoms with van der Waals surface area (Å²) in [5.41, 5.74) is 5.90. The molecule has 0 aromatic rings. The molecule has 21 heavy (non-hydrogen) atoms. The fourth-order valence-electron chi connectivity index (χ4n) is 4.04. The molecule has 1 saturated carbocycles. The lowest BCUT2D eigenvalue weighted by Gasteiger charge is -2.31. The standard InChI is InChI=1S/C17H33N3O/c1-13(14-7-9-19-10-8-14)11-17(21)20-16(12-18)15-5-3-2-4-6-15/h13-16,19H,2-12,18H2,1H3,(H,20,21). The number of carbonyl (C=O) groups excluding carboxylic acids is 1. The van der Waals surface area contributed by atoms with Crippen LogP contribution >= 0.6 is 0 Å². The van der Waals surface area contributed by atoms with E-state index in [1.54, 1.807) is 0 Å². The van der Waals surface area contributed by atoms with Gasteiger partial charge >= 0.3 is 0 Å². The SMILES string of the molecule is CC(CC(=O)NC(CN)C1CCCCC1)C1CCNCC1. The molecule has 2 atom stereocenters. The lowest BCUT2D eigenvalue weighted by molar-refractivity contribution is -0.123. The molecule has 0 bridgehead atoms. The van der Waals surface area contributed by atoms with Gasteiger partial charge in [0.25, 0.3) is 0 Å². The van der Waals surface area contributed by atoms with Crippen LogP contribution in [0.1, 0.15) is 58.3 Å². The number of amides is 1. The van der Waals surface area contributed by atoms with Gasteiger partial charge in [-0.05, 0) is 56.5 Å². The van der Waals surface area contributed by atoms with Gasteiger partial charge in [-0.15, -0.1) is 0 Å². The minimum Gasteiger partial charge on any atom is -0.352 e. The molecule has 0 radical (unpaired) electrons. The van der Waals surface area contributed by atoms with Gasteiger partial charge in [0.05, 0.1) is 0 Å². The van der Waals surface area contributed by atoms with Crippen molar-refractivity contribution in [3.05, 3.63) is 0 Å². The number of hydrogen-bond donors (Lipinski definition) is 3. The average molecular weight is 295 g/mol. The van der Waals surface area contributed by atoms with E-state index < -0.39 is 0 Å². The van der Waals surface area contributed by atoms with Crippen molar-refractivity contribution in [2.24, 2.45) is 23.5 Å². The van der Waals surface area contributed by atoms with Gasteiger partial charge in [-0.1, -0.05) is 26.2 Å². The summed E-state index contributed by atoms with van der Waals surface area (Å²) in [5, 5.41) is 6.62. The second kappa shape index (κ2) is 8.74. The zero-order valence-electron chi connectivity index (χ0n) is 13.6. The summed E-state index contributed by atoms with van der Waals surface area (Å²) in [6.07, 6.45) is 9.46. The van der Waals surface area contributed by atoms with Gasteiger partial charge in [0.2, 0.25) is 5.91 Å². The van der Waals surface area contributed by atoms with E-state index in [0.29, 0.717) is 30.7 Å². The normalized spacial score (nSPS) is 24.5. The van der Waals surface area contributed by atoms with E-state index in [4.69, 9.17) is 5.73 Å². The third-order valence-corrected chi connectivity index (χ3v) is 5.52. The van der Waals surface area contributed by atoms with Crippen LogP contribution in [0.3, 0.4) is 0 Å². The van der Waals surface area contributed by atoms with Crippen molar-refractivity contribution in [2.45, 2.75) is 64.3 Å². The van der Waals surface area contributed by atoms with E-state index in [9.17, 15) is 4.79 Å². The van der Waals surface area contributed by atoms with Crippen LogP contribution in [0.25, 0.3) is 0 Å². The predicted octanol–water partition coefficient (Wildman–Crippen LogP) is 2.04. The lowest BCUT2D eigenvalue weighted by Crippen LogP contribution is -2.46. The highest BCUT2D eigenvalue weighted by atomic mass is 16.1. The Balaban J connectivity index is 1.75. The number of nitrogens with two attached hydrogens (primary N) is 1. The zero-order chi connectivity index (χ0) is 15.1. The van der Waals surface area contributed by atoms with Crippen LogP contribution in [0, 0.1) is 17.8 Å². The van der Waals surface area contributed by atoms with Gasteiger partial charge in [-0.25, -0.2) is 0 Å². The number of rotatable bonds is 6. The molecule has 4 N–H and O–H groups in total. The number of carbonyl (C=O) groups is 1. The molecule has 1 amide bonds. The highest BCUT2D eigenvalue weighted by Crippen LogP contribution is 2.27. The molecule has 4 heteroatoms. The van der Waals surface area contributed by atoms with Crippen LogP contribution in [0.15, 0.2) is 0 Å². The largest absolute Gasteiger partial charge is 0.352 e. The van der Waals surface area contributed by atoms with Crippen molar-refractivity contribution in [1.29, 1.82) is 0 Å². The molecule has 0 aromatic heterocycles. The van der Waals surface area contributed by atoms with Crippen LogP contribution in [0.4, 0.5) is 0 Å². The average Bonchev–Trinajstić information content (AvgIpc) is 2.54. The molecule has 122 valence electrons. The Morgan fingerprint density at radius 2 is 1.81 bits per heavy atom. The maximum Gasteiger partial charge on any atom is 0.220 e. The molecule has 4 nitrogen and oxygen atoms in total. The minimum absolute atomic E-state index is 0.193. The van der Waals surface area contributed by atoms with Crippen LogP contribution < -0.4 is 16.4 Å². The third-order valence-electron chi connectivity index (χ3n) is 5.52. The van der Waals surface area contributed by atoms with E-state index in [1.165, 1.54) is 44.9 Å². The van der Waals surface area contributed by atoms with Crippen molar-refractivity contribution in [3.63, 3.8) is 0 Å². The molecule has 2 fully saturated rings. The van der Waals surface area contributed by atoms with E-state index in [1.807, 2.05) is 0 Å². The van der Waals surface area contributed by atoms with E-state index in [2.05, 4.69) is 17.6 Å². The summed E-state index contributed by atoms with van der Waals surface area (Å²) in [7, 11) is 0. The molecule has 1 aliphatic heterocycles.